The smallest absolute Gasteiger partial charge is 0.229 e. The molecule has 1 aromatic carbocycles. The minimum atomic E-state index is -3.80. The van der Waals surface area contributed by atoms with Crippen LogP contribution in [-0.2, 0) is 14.6 Å². The van der Waals surface area contributed by atoms with Crippen molar-refractivity contribution in [3.05, 3.63) is 66.1 Å². The van der Waals surface area contributed by atoms with Gasteiger partial charge in [0.1, 0.15) is 11.6 Å². The average Bonchev–Trinajstić information content (AvgIpc) is 3.27. The Labute approximate surface area is 229 Å². The molecule has 4 N–H and O–H groups in total. The lowest BCUT2D eigenvalue weighted by atomic mass is 9.73. The van der Waals surface area contributed by atoms with Gasteiger partial charge in [0, 0.05) is 31.5 Å². The number of carbonyl (C=O) groups excluding carboxylic acids is 1. The Kier molecular flexibility index (Phi) is 7.27. The van der Waals surface area contributed by atoms with Gasteiger partial charge in [-0.1, -0.05) is 6.92 Å². The van der Waals surface area contributed by atoms with Crippen molar-refractivity contribution < 1.29 is 22.0 Å². The lowest BCUT2D eigenvalue weighted by Crippen LogP contribution is -2.54. The molecule has 1 saturated carbocycles. The van der Waals surface area contributed by atoms with E-state index >= 15 is 0 Å². The van der Waals surface area contributed by atoms with Gasteiger partial charge in [-0.15, -0.1) is 0 Å². The van der Waals surface area contributed by atoms with Crippen molar-refractivity contribution in [1.82, 2.24) is 24.9 Å². The quantitative estimate of drug-likeness (QED) is 0.320. The predicted molar refractivity (Wildman–Crippen MR) is 146 cm³/mol. The molecular formula is C27H29F2N7O3S. The summed E-state index contributed by atoms with van der Waals surface area (Å²) >= 11 is 0. The second kappa shape index (κ2) is 10.5. The lowest BCUT2D eigenvalue weighted by Gasteiger charge is -2.39. The number of aromatic nitrogens is 4. The normalized spacial score (nSPS) is 21.4. The molecule has 4 atom stereocenters. The van der Waals surface area contributed by atoms with Gasteiger partial charge in [-0.25, -0.2) is 22.2 Å². The van der Waals surface area contributed by atoms with Gasteiger partial charge in [0.05, 0.1) is 39.8 Å². The van der Waals surface area contributed by atoms with Crippen LogP contribution in [0.15, 0.2) is 53.8 Å². The SMILES string of the molecule is CC(=O)N[C@@H]1[C@H](N)C[C@H](c2ccncc2Nc2ncc3ccc(-c4c(F)cc(S(C)(=O)=O)cc4F)nn23)C[C@@H]1C. The van der Waals surface area contributed by atoms with E-state index in [9.17, 15) is 22.0 Å². The van der Waals surface area contributed by atoms with Gasteiger partial charge >= 0.3 is 0 Å². The summed E-state index contributed by atoms with van der Waals surface area (Å²) in [5.74, 6) is -1.67. The Morgan fingerprint density at radius 3 is 2.50 bits per heavy atom. The second-order valence-electron chi connectivity index (χ2n) is 10.3. The van der Waals surface area contributed by atoms with Crippen LogP contribution in [0.3, 0.4) is 0 Å². The fourth-order valence-electron chi connectivity index (χ4n) is 5.42. The Bertz CT molecular complexity index is 1670. The number of imidazole rings is 1. The van der Waals surface area contributed by atoms with Crippen LogP contribution in [0, 0.1) is 17.6 Å². The lowest BCUT2D eigenvalue weighted by molar-refractivity contribution is -0.120. The molecule has 0 spiro atoms. The number of halogens is 2. The zero-order chi connectivity index (χ0) is 28.8. The molecule has 3 aromatic heterocycles. The number of nitrogens with zero attached hydrogens (tertiary/aromatic N) is 4. The largest absolute Gasteiger partial charge is 0.352 e. The summed E-state index contributed by atoms with van der Waals surface area (Å²) in [4.78, 5) is 19.8. The van der Waals surface area contributed by atoms with E-state index < -0.39 is 31.9 Å². The van der Waals surface area contributed by atoms with Gasteiger partial charge in [0.2, 0.25) is 11.9 Å². The minimum absolute atomic E-state index is 0.0360. The molecule has 40 heavy (non-hydrogen) atoms. The molecular weight excluding hydrogens is 540 g/mol. The molecule has 1 aliphatic carbocycles. The number of anilines is 2. The first kappa shape index (κ1) is 27.6. The number of nitrogens with one attached hydrogen (secondary N) is 2. The summed E-state index contributed by atoms with van der Waals surface area (Å²) in [5.41, 5.74) is 8.20. The molecule has 0 aliphatic heterocycles. The Hall–Kier alpha value is -3.97. The number of nitrogens with two attached hydrogens (primary N) is 1. The summed E-state index contributed by atoms with van der Waals surface area (Å²) in [6, 6.07) is 6.18. The van der Waals surface area contributed by atoms with E-state index in [0.29, 0.717) is 23.6 Å². The van der Waals surface area contributed by atoms with E-state index in [4.69, 9.17) is 5.73 Å². The number of benzene rings is 1. The topological polar surface area (TPSA) is 144 Å². The van der Waals surface area contributed by atoms with Crippen LogP contribution in [0.4, 0.5) is 20.4 Å². The Morgan fingerprint density at radius 1 is 1.12 bits per heavy atom. The monoisotopic (exact) mass is 569 g/mol. The fourth-order valence-corrected chi connectivity index (χ4v) is 6.06. The average molecular weight is 570 g/mol. The van der Waals surface area contributed by atoms with E-state index in [1.165, 1.54) is 17.5 Å². The molecule has 0 radical (unpaired) electrons. The molecule has 1 amide bonds. The summed E-state index contributed by atoms with van der Waals surface area (Å²) in [7, 11) is -3.80. The molecule has 10 nitrogen and oxygen atoms in total. The van der Waals surface area contributed by atoms with Crippen molar-refractivity contribution in [3.8, 4) is 11.3 Å². The molecule has 210 valence electrons. The maximum Gasteiger partial charge on any atom is 0.229 e. The maximum absolute atomic E-state index is 14.9. The van der Waals surface area contributed by atoms with E-state index in [2.05, 4.69) is 32.6 Å². The number of amides is 1. The third kappa shape index (κ3) is 5.39. The number of hydrogen-bond acceptors (Lipinski definition) is 8. The van der Waals surface area contributed by atoms with Crippen molar-refractivity contribution in [2.24, 2.45) is 11.7 Å². The van der Waals surface area contributed by atoms with Crippen molar-refractivity contribution in [3.63, 3.8) is 0 Å². The van der Waals surface area contributed by atoms with Crippen LogP contribution in [0.2, 0.25) is 0 Å². The van der Waals surface area contributed by atoms with E-state index in [1.807, 2.05) is 6.07 Å². The van der Waals surface area contributed by atoms with Gasteiger partial charge in [0.25, 0.3) is 0 Å². The summed E-state index contributed by atoms with van der Waals surface area (Å²) in [5, 5.41) is 10.6. The van der Waals surface area contributed by atoms with Crippen molar-refractivity contribution >= 4 is 32.9 Å². The predicted octanol–water partition coefficient (Wildman–Crippen LogP) is 3.56. The van der Waals surface area contributed by atoms with Crippen molar-refractivity contribution in [2.75, 3.05) is 11.6 Å². The van der Waals surface area contributed by atoms with Crippen LogP contribution in [0.1, 0.15) is 38.2 Å². The second-order valence-corrected chi connectivity index (χ2v) is 12.3. The maximum atomic E-state index is 14.9. The van der Waals surface area contributed by atoms with Gasteiger partial charge in [0.15, 0.2) is 9.84 Å². The third-order valence-electron chi connectivity index (χ3n) is 7.28. The van der Waals surface area contributed by atoms with Gasteiger partial charge in [-0.05, 0) is 60.6 Å². The first-order valence-electron chi connectivity index (χ1n) is 12.7. The third-order valence-corrected chi connectivity index (χ3v) is 8.37. The standard InChI is InChI=1S/C27H29F2N7O3S/c1-14-8-16(9-22(30)26(14)33-15(2)37)19-6-7-31-13-24(19)34-27-32-12-17-4-5-23(35-36(17)27)25-20(28)10-18(11-21(25)29)40(3,38)39/h4-7,10-14,16,22,26H,8-9,30H2,1-3H3,(H,32,34)(H,33,37)/t14-,16+,22+,26-/m0/s1. The number of carbonyl (C=O) groups is 1. The van der Waals surface area contributed by atoms with Gasteiger partial charge in [-0.3, -0.25) is 9.78 Å². The zero-order valence-electron chi connectivity index (χ0n) is 22.1. The zero-order valence-corrected chi connectivity index (χ0v) is 22.9. The summed E-state index contributed by atoms with van der Waals surface area (Å²) in [6.45, 7) is 3.55. The van der Waals surface area contributed by atoms with Crippen molar-refractivity contribution in [2.45, 2.75) is 49.6 Å². The molecule has 0 bridgehead atoms. The molecule has 0 unspecified atom stereocenters. The van der Waals surface area contributed by atoms with E-state index in [1.54, 1.807) is 24.7 Å². The highest BCUT2D eigenvalue weighted by Gasteiger charge is 2.35. The molecule has 3 heterocycles. The van der Waals surface area contributed by atoms with Crippen LogP contribution < -0.4 is 16.4 Å². The van der Waals surface area contributed by atoms with Gasteiger partial charge in [-0.2, -0.15) is 9.61 Å². The minimum Gasteiger partial charge on any atom is -0.352 e. The number of sulfone groups is 1. The summed E-state index contributed by atoms with van der Waals surface area (Å²) in [6.07, 6.45) is 7.25. The molecule has 13 heteroatoms. The Morgan fingerprint density at radius 2 is 1.85 bits per heavy atom. The molecule has 1 aliphatic rings. The highest BCUT2D eigenvalue weighted by atomic mass is 32.2. The highest BCUT2D eigenvalue weighted by molar-refractivity contribution is 7.90. The number of pyridine rings is 1. The molecule has 1 fully saturated rings. The first-order chi connectivity index (χ1) is 18.9. The first-order valence-corrected chi connectivity index (χ1v) is 14.6. The number of hydrogen-bond donors (Lipinski definition) is 3. The van der Waals surface area contributed by atoms with Crippen LogP contribution in [0.5, 0.6) is 0 Å². The number of fused-ring (bicyclic) bond motifs is 1. The highest BCUT2D eigenvalue weighted by Crippen LogP contribution is 2.39. The van der Waals surface area contributed by atoms with Crippen LogP contribution in [-0.4, -0.2) is 52.2 Å². The van der Waals surface area contributed by atoms with Crippen molar-refractivity contribution in [1.29, 1.82) is 0 Å². The number of rotatable bonds is 6. The molecule has 4 aromatic rings. The summed E-state index contributed by atoms with van der Waals surface area (Å²) < 4.78 is 54.8. The molecule has 0 saturated heterocycles. The van der Waals surface area contributed by atoms with Crippen LogP contribution in [0.25, 0.3) is 16.8 Å². The fraction of sp³-hybridized carbons (Fsp3) is 0.333. The van der Waals surface area contributed by atoms with Crippen LogP contribution >= 0.6 is 0 Å². The van der Waals surface area contributed by atoms with E-state index in [-0.39, 0.29) is 35.5 Å². The van der Waals surface area contributed by atoms with E-state index in [0.717, 1.165) is 30.4 Å². The van der Waals surface area contributed by atoms with Gasteiger partial charge < -0.3 is 16.4 Å². The molecule has 5 rings (SSSR count). The Balaban J connectivity index is 1.47.